The Labute approximate surface area is 151 Å². The van der Waals surface area contributed by atoms with Gasteiger partial charge in [0.1, 0.15) is 12.3 Å². The van der Waals surface area contributed by atoms with Gasteiger partial charge in [-0.15, -0.1) is 0 Å². The van der Waals surface area contributed by atoms with E-state index >= 15 is 4.39 Å². The molecule has 0 bridgehead atoms. The van der Waals surface area contributed by atoms with Crippen LogP contribution in [0.3, 0.4) is 0 Å². The smallest absolute Gasteiger partial charge is 0.196 e. The number of anilines is 1. The van der Waals surface area contributed by atoms with Gasteiger partial charge < -0.3 is 24.6 Å². The molecular formula is C19H24FN3O3. The molecule has 2 aliphatic heterocycles. The molecule has 1 fully saturated rings. The minimum atomic E-state index is -0.397. The lowest BCUT2D eigenvalue weighted by Gasteiger charge is -2.37. The number of hydrogen-bond donors (Lipinski definition) is 0. The zero-order valence-electron chi connectivity index (χ0n) is 15.1. The molecular weight excluding hydrogens is 337 g/mol. The Morgan fingerprint density at radius 1 is 1.31 bits per heavy atom. The zero-order valence-corrected chi connectivity index (χ0v) is 15.1. The van der Waals surface area contributed by atoms with Crippen LogP contribution in [0.1, 0.15) is 18.5 Å². The van der Waals surface area contributed by atoms with Gasteiger partial charge in [0.2, 0.25) is 0 Å². The lowest BCUT2D eigenvalue weighted by atomic mass is 10.1. The van der Waals surface area contributed by atoms with Crippen LogP contribution in [0.4, 0.5) is 10.1 Å². The fraction of sp³-hybridized carbons (Fsp3) is 0.421. The highest BCUT2D eigenvalue weighted by Gasteiger charge is 2.29. The third kappa shape index (κ3) is 2.68. The summed E-state index contributed by atoms with van der Waals surface area (Å²) in [6.07, 6.45) is 3.33. The molecule has 0 saturated carbocycles. The molecule has 140 valence electrons. The van der Waals surface area contributed by atoms with Crippen LogP contribution in [0.2, 0.25) is 0 Å². The average Bonchev–Trinajstić information content (AvgIpc) is 2.60. The highest BCUT2D eigenvalue weighted by atomic mass is 19.1. The number of pyridine rings is 1. The average molecular weight is 361 g/mol. The molecule has 1 aromatic heterocycles. The molecule has 0 aliphatic carbocycles. The second-order valence-corrected chi connectivity index (χ2v) is 6.91. The Bertz CT molecular complexity index is 917. The molecule has 6 nitrogen and oxygen atoms in total. The number of halogens is 1. The van der Waals surface area contributed by atoms with Crippen molar-refractivity contribution in [1.29, 1.82) is 0 Å². The summed E-state index contributed by atoms with van der Waals surface area (Å²) in [6.45, 7) is 9.40. The molecule has 2 aromatic rings. The van der Waals surface area contributed by atoms with Crippen LogP contribution >= 0.6 is 0 Å². The lowest BCUT2D eigenvalue weighted by Crippen LogP contribution is -2.45. The van der Waals surface area contributed by atoms with Crippen LogP contribution < -0.4 is 15.1 Å². The predicted molar refractivity (Wildman–Crippen MR) is 102 cm³/mol. The third-order valence-electron chi connectivity index (χ3n) is 5.21. The number of likely N-dealkylation sites (N-methyl/N-ethyl adjacent to an activating group) is 1. The van der Waals surface area contributed by atoms with E-state index in [1.807, 2.05) is 16.4 Å². The maximum absolute atomic E-state index is 15.0. The Morgan fingerprint density at radius 2 is 2.00 bits per heavy atom. The van der Waals surface area contributed by atoms with Crippen molar-refractivity contribution in [1.82, 2.24) is 9.47 Å². The molecule has 0 unspecified atom stereocenters. The van der Waals surface area contributed by atoms with E-state index in [0.29, 0.717) is 34.5 Å². The van der Waals surface area contributed by atoms with Crippen LogP contribution in [-0.4, -0.2) is 54.8 Å². The van der Waals surface area contributed by atoms with E-state index in [4.69, 9.17) is 4.74 Å². The van der Waals surface area contributed by atoms with E-state index in [2.05, 4.69) is 18.5 Å². The summed E-state index contributed by atoms with van der Waals surface area (Å²) in [7, 11) is 2.06. The van der Waals surface area contributed by atoms with Crippen molar-refractivity contribution in [3.63, 3.8) is 0 Å². The molecule has 0 radical (unpaired) electrons. The topological polar surface area (TPSA) is 69.2 Å². The van der Waals surface area contributed by atoms with E-state index in [-0.39, 0.29) is 16.9 Å². The van der Waals surface area contributed by atoms with Crippen molar-refractivity contribution in [2.45, 2.75) is 13.0 Å². The normalized spacial score (nSPS) is 19.8. The van der Waals surface area contributed by atoms with Gasteiger partial charge in [0.05, 0.1) is 16.9 Å². The standard InChI is InChI=1S/C19H22FN3O2.H2O/c1-4-13-10-23-12(2)11-25-19-16(23)14(18(13)24)9-15(20)17(19)22-7-5-21(3)6-8-22;/h4,9-10,12H,1,5-8,11H2,2-3H3;1H2/t12-;/m0./s1. The van der Waals surface area contributed by atoms with Crippen molar-refractivity contribution >= 4 is 22.7 Å². The number of ether oxygens (including phenoxy) is 1. The summed E-state index contributed by atoms with van der Waals surface area (Å²) in [5.41, 5.74) is 1.44. The van der Waals surface area contributed by atoms with Gasteiger partial charge in [0.25, 0.3) is 0 Å². The van der Waals surface area contributed by atoms with Gasteiger partial charge in [0.15, 0.2) is 17.0 Å². The fourth-order valence-corrected chi connectivity index (χ4v) is 3.70. The third-order valence-corrected chi connectivity index (χ3v) is 5.21. The van der Waals surface area contributed by atoms with Crippen LogP contribution in [0, 0.1) is 5.82 Å². The first kappa shape index (κ1) is 18.4. The van der Waals surface area contributed by atoms with Crippen molar-refractivity contribution in [3.05, 3.63) is 40.4 Å². The number of rotatable bonds is 2. The van der Waals surface area contributed by atoms with E-state index < -0.39 is 5.82 Å². The molecule has 4 rings (SSSR count). The molecule has 2 N–H and O–H groups in total. The number of aromatic nitrogens is 1. The summed E-state index contributed by atoms with van der Waals surface area (Å²) >= 11 is 0. The van der Waals surface area contributed by atoms with Gasteiger partial charge in [-0.05, 0) is 20.0 Å². The summed E-state index contributed by atoms with van der Waals surface area (Å²) in [5.74, 6) is 0.0943. The van der Waals surface area contributed by atoms with Crippen LogP contribution in [-0.2, 0) is 0 Å². The van der Waals surface area contributed by atoms with Gasteiger partial charge in [0, 0.05) is 37.9 Å². The summed E-state index contributed by atoms with van der Waals surface area (Å²) in [6, 6.07) is 1.43. The summed E-state index contributed by atoms with van der Waals surface area (Å²) in [5, 5.41) is 0.356. The van der Waals surface area contributed by atoms with Gasteiger partial charge in [-0.3, -0.25) is 4.79 Å². The highest BCUT2D eigenvalue weighted by molar-refractivity contribution is 5.93. The molecule has 1 atom stereocenters. The maximum Gasteiger partial charge on any atom is 0.196 e. The SMILES string of the molecule is C=Cc1cn2c3c(c(N4CCN(C)CC4)c(F)cc3c1=O)OC[C@@H]2C.O. The molecule has 1 aromatic carbocycles. The van der Waals surface area contributed by atoms with Crippen LogP contribution in [0.5, 0.6) is 5.75 Å². The summed E-state index contributed by atoms with van der Waals surface area (Å²) in [4.78, 5) is 16.9. The summed E-state index contributed by atoms with van der Waals surface area (Å²) < 4.78 is 23.0. The minimum Gasteiger partial charge on any atom is -0.487 e. The highest BCUT2D eigenvalue weighted by Crippen LogP contribution is 2.42. The van der Waals surface area contributed by atoms with Crippen molar-refractivity contribution in [3.8, 4) is 5.75 Å². The van der Waals surface area contributed by atoms with E-state index in [9.17, 15) is 4.79 Å². The number of hydrogen-bond acceptors (Lipinski definition) is 4. The molecule has 26 heavy (non-hydrogen) atoms. The van der Waals surface area contributed by atoms with Gasteiger partial charge >= 0.3 is 0 Å². The van der Waals surface area contributed by atoms with Gasteiger partial charge in [-0.2, -0.15) is 0 Å². The largest absolute Gasteiger partial charge is 0.487 e. The Kier molecular flexibility index (Phi) is 4.77. The van der Waals surface area contributed by atoms with E-state index in [1.165, 1.54) is 12.1 Å². The predicted octanol–water partition coefficient (Wildman–Crippen LogP) is 1.66. The Balaban J connectivity index is 0.00000196. The molecule has 1 saturated heterocycles. The number of benzene rings is 1. The van der Waals surface area contributed by atoms with Crippen molar-refractivity contribution < 1.29 is 14.6 Å². The second-order valence-electron chi connectivity index (χ2n) is 6.91. The zero-order chi connectivity index (χ0) is 17.7. The van der Waals surface area contributed by atoms with Gasteiger partial charge in [-0.1, -0.05) is 12.7 Å². The Morgan fingerprint density at radius 3 is 2.65 bits per heavy atom. The Hall–Kier alpha value is -2.38. The van der Waals surface area contributed by atoms with Crippen LogP contribution in [0.15, 0.2) is 23.6 Å². The van der Waals surface area contributed by atoms with E-state index in [0.717, 1.165) is 26.2 Å². The number of nitrogens with zero attached hydrogens (tertiary/aromatic N) is 3. The fourth-order valence-electron chi connectivity index (χ4n) is 3.70. The molecule has 0 amide bonds. The van der Waals surface area contributed by atoms with Gasteiger partial charge in [-0.25, -0.2) is 4.39 Å². The monoisotopic (exact) mass is 361 g/mol. The first-order chi connectivity index (χ1) is 12.0. The number of piperazine rings is 1. The quantitative estimate of drug-likeness (QED) is 0.816. The molecule has 3 heterocycles. The second kappa shape index (κ2) is 6.74. The molecule has 0 spiro atoms. The first-order valence-corrected chi connectivity index (χ1v) is 8.61. The molecule has 2 aliphatic rings. The van der Waals surface area contributed by atoms with E-state index in [1.54, 1.807) is 6.20 Å². The molecule has 7 heteroatoms. The first-order valence-electron chi connectivity index (χ1n) is 8.61. The van der Waals surface area contributed by atoms with Crippen molar-refractivity contribution in [2.75, 3.05) is 44.7 Å². The maximum atomic E-state index is 15.0. The lowest BCUT2D eigenvalue weighted by molar-refractivity contribution is 0.245. The van der Waals surface area contributed by atoms with Crippen molar-refractivity contribution in [2.24, 2.45) is 0 Å². The van der Waals surface area contributed by atoms with Crippen LogP contribution in [0.25, 0.3) is 17.0 Å². The minimum absolute atomic E-state index is 0.